The summed E-state index contributed by atoms with van der Waals surface area (Å²) < 4.78 is 11.5. The number of amides is 1. The zero-order chi connectivity index (χ0) is 17.8. The van der Waals surface area contributed by atoms with E-state index < -0.39 is 0 Å². The maximum atomic E-state index is 12.2. The van der Waals surface area contributed by atoms with Gasteiger partial charge in [-0.15, -0.1) is 0 Å². The van der Waals surface area contributed by atoms with E-state index in [2.05, 4.69) is 5.32 Å². The number of fused-ring (bicyclic) bond motifs is 1. The summed E-state index contributed by atoms with van der Waals surface area (Å²) in [5.41, 5.74) is 2.52. The number of hydrogen-bond donors (Lipinski definition) is 1. The van der Waals surface area contributed by atoms with E-state index in [9.17, 15) is 4.79 Å². The molecule has 0 fully saturated rings. The van der Waals surface area contributed by atoms with Gasteiger partial charge in [0.2, 0.25) is 5.91 Å². The van der Waals surface area contributed by atoms with Gasteiger partial charge in [-0.2, -0.15) is 0 Å². The van der Waals surface area contributed by atoms with E-state index in [1.165, 1.54) is 6.08 Å². The van der Waals surface area contributed by atoms with E-state index in [0.29, 0.717) is 17.3 Å². The molecule has 1 atom stereocenters. The van der Waals surface area contributed by atoms with Gasteiger partial charge >= 0.3 is 0 Å². The van der Waals surface area contributed by atoms with E-state index >= 15 is 0 Å². The molecule has 1 aliphatic rings. The smallest absolute Gasteiger partial charge is 0.248 e. The van der Waals surface area contributed by atoms with Crippen LogP contribution in [-0.4, -0.2) is 18.6 Å². The normalized spacial score (nSPS) is 15.7. The number of nitrogens with one attached hydrogen (secondary N) is 1. The number of carbonyl (C=O) groups excluding carboxylic acids is 1. The van der Waals surface area contributed by atoms with Crippen molar-refractivity contribution in [3.8, 4) is 11.5 Å². The highest BCUT2D eigenvalue weighted by atomic mass is 35.5. The second kappa shape index (κ2) is 7.62. The zero-order valence-electron chi connectivity index (χ0n) is 14.2. The summed E-state index contributed by atoms with van der Waals surface area (Å²) in [7, 11) is 0. The van der Waals surface area contributed by atoms with Crippen molar-refractivity contribution in [2.45, 2.75) is 26.4 Å². The highest BCUT2D eigenvalue weighted by molar-refractivity contribution is 6.33. The van der Waals surface area contributed by atoms with E-state index in [4.69, 9.17) is 21.1 Å². The van der Waals surface area contributed by atoms with Crippen LogP contribution in [0.4, 0.5) is 5.69 Å². The molecule has 1 amide bonds. The number of hydrogen-bond acceptors (Lipinski definition) is 3. The Morgan fingerprint density at radius 2 is 2.20 bits per heavy atom. The molecule has 5 heteroatoms. The Bertz CT molecular complexity index is 817. The molecule has 1 heterocycles. The van der Waals surface area contributed by atoms with Crippen LogP contribution in [0.1, 0.15) is 25.0 Å². The minimum atomic E-state index is -0.259. The summed E-state index contributed by atoms with van der Waals surface area (Å²) in [6, 6.07) is 11.0. The lowest BCUT2D eigenvalue weighted by Gasteiger charge is -2.10. The molecule has 130 valence electrons. The summed E-state index contributed by atoms with van der Waals surface area (Å²) in [5.74, 6) is 1.34. The lowest BCUT2D eigenvalue weighted by atomic mass is 10.1. The van der Waals surface area contributed by atoms with Crippen molar-refractivity contribution in [3.63, 3.8) is 0 Å². The van der Waals surface area contributed by atoms with E-state index in [1.807, 2.05) is 38.1 Å². The van der Waals surface area contributed by atoms with Gasteiger partial charge in [0.15, 0.2) is 0 Å². The van der Waals surface area contributed by atoms with E-state index in [1.54, 1.807) is 18.2 Å². The number of benzene rings is 2. The van der Waals surface area contributed by atoms with Crippen LogP contribution < -0.4 is 14.8 Å². The van der Waals surface area contributed by atoms with Crippen molar-refractivity contribution in [1.29, 1.82) is 0 Å². The first-order valence-corrected chi connectivity index (χ1v) is 8.64. The lowest BCUT2D eigenvalue weighted by molar-refractivity contribution is -0.111. The minimum absolute atomic E-state index is 0.159. The molecule has 0 aliphatic carbocycles. The molecular formula is C20H20ClNO3. The third kappa shape index (κ3) is 4.15. The van der Waals surface area contributed by atoms with Crippen molar-refractivity contribution >= 4 is 29.3 Å². The number of anilines is 1. The predicted molar refractivity (Wildman–Crippen MR) is 101 cm³/mol. The zero-order valence-corrected chi connectivity index (χ0v) is 15.0. The summed E-state index contributed by atoms with van der Waals surface area (Å²) in [6.07, 6.45) is 4.22. The number of rotatable bonds is 5. The number of para-hydroxylation sites is 1. The molecule has 1 N–H and O–H groups in total. The molecule has 0 aromatic heterocycles. The highest BCUT2D eigenvalue weighted by Crippen LogP contribution is 2.35. The lowest BCUT2D eigenvalue weighted by Crippen LogP contribution is -2.08. The highest BCUT2D eigenvalue weighted by Gasteiger charge is 2.21. The van der Waals surface area contributed by atoms with Gasteiger partial charge in [-0.25, -0.2) is 0 Å². The standard InChI is InChI=1S/C20H20ClNO3/c1-3-24-18-12-15-10-13(2)25-19(15)11-14(18)8-9-20(23)22-17-7-5-4-6-16(17)21/h4-9,11-13H,3,10H2,1-2H3,(H,22,23)/b9-8+. The van der Waals surface area contributed by atoms with Crippen molar-refractivity contribution in [3.05, 3.63) is 58.6 Å². The predicted octanol–water partition coefficient (Wildman–Crippen LogP) is 4.71. The average molecular weight is 358 g/mol. The average Bonchev–Trinajstić information content (AvgIpc) is 2.94. The first kappa shape index (κ1) is 17.4. The van der Waals surface area contributed by atoms with Crippen LogP contribution in [0.2, 0.25) is 5.02 Å². The fraction of sp³-hybridized carbons (Fsp3) is 0.250. The largest absolute Gasteiger partial charge is 0.493 e. The summed E-state index contributed by atoms with van der Waals surface area (Å²) in [5, 5.41) is 3.26. The first-order valence-electron chi connectivity index (χ1n) is 8.26. The Morgan fingerprint density at radius 3 is 2.96 bits per heavy atom. The fourth-order valence-electron chi connectivity index (χ4n) is 2.77. The summed E-state index contributed by atoms with van der Waals surface area (Å²) in [6.45, 7) is 4.53. The maximum absolute atomic E-state index is 12.2. The Hall–Kier alpha value is -2.46. The van der Waals surface area contributed by atoms with Gasteiger partial charge in [0.1, 0.15) is 17.6 Å². The van der Waals surface area contributed by atoms with Gasteiger partial charge in [-0.1, -0.05) is 23.7 Å². The Labute approximate surface area is 152 Å². The third-order valence-corrected chi connectivity index (χ3v) is 4.20. The topological polar surface area (TPSA) is 47.6 Å². The molecule has 1 unspecified atom stereocenters. The van der Waals surface area contributed by atoms with Gasteiger partial charge in [0.05, 0.1) is 17.3 Å². The fourth-order valence-corrected chi connectivity index (χ4v) is 2.95. The van der Waals surface area contributed by atoms with Crippen LogP contribution in [0.3, 0.4) is 0 Å². The second-order valence-corrected chi connectivity index (χ2v) is 6.27. The molecular weight excluding hydrogens is 338 g/mol. The number of halogens is 1. The van der Waals surface area contributed by atoms with E-state index in [-0.39, 0.29) is 12.0 Å². The first-order chi connectivity index (χ1) is 12.1. The van der Waals surface area contributed by atoms with Crippen molar-refractivity contribution in [2.24, 2.45) is 0 Å². The van der Waals surface area contributed by atoms with Crippen LogP contribution >= 0.6 is 11.6 Å². The van der Waals surface area contributed by atoms with Crippen LogP contribution in [0, 0.1) is 0 Å². The van der Waals surface area contributed by atoms with Gasteiger partial charge in [0, 0.05) is 23.6 Å². The molecule has 25 heavy (non-hydrogen) atoms. The number of carbonyl (C=O) groups is 1. The van der Waals surface area contributed by atoms with Crippen LogP contribution in [0.15, 0.2) is 42.5 Å². The molecule has 2 aromatic rings. The molecule has 3 rings (SSSR count). The Morgan fingerprint density at radius 1 is 1.40 bits per heavy atom. The van der Waals surface area contributed by atoms with Crippen LogP contribution in [0.5, 0.6) is 11.5 Å². The van der Waals surface area contributed by atoms with Gasteiger partial charge in [-0.05, 0) is 44.2 Å². The van der Waals surface area contributed by atoms with Crippen LogP contribution in [0.25, 0.3) is 6.08 Å². The molecule has 0 saturated heterocycles. The maximum Gasteiger partial charge on any atom is 0.248 e. The van der Waals surface area contributed by atoms with Gasteiger partial charge in [-0.3, -0.25) is 4.79 Å². The van der Waals surface area contributed by atoms with E-state index in [0.717, 1.165) is 29.0 Å². The minimum Gasteiger partial charge on any atom is -0.493 e. The number of ether oxygens (including phenoxy) is 2. The molecule has 0 radical (unpaired) electrons. The van der Waals surface area contributed by atoms with Crippen molar-refractivity contribution in [2.75, 3.05) is 11.9 Å². The van der Waals surface area contributed by atoms with Crippen LogP contribution in [-0.2, 0) is 11.2 Å². The van der Waals surface area contributed by atoms with Crippen molar-refractivity contribution < 1.29 is 14.3 Å². The molecule has 0 bridgehead atoms. The monoisotopic (exact) mass is 357 g/mol. The quantitative estimate of drug-likeness (QED) is 0.788. The van der Waals surface area contributed by atoms with Crippen molar-refractivity contribution in [1.82, 2.24) is 0 Å². The van der Waals surface area contributed by atoms with Gasteiger partial charge < -0.3 is 14.8 Å². The Balaban J connectivity index is 1.79. The van der Waals surface area contributed by atoms with Gasteiger partial charge in [0.25, 0.3) is 0 Å². The second-order valence-electron chi connectivity index (χ2n) is 5.87. The molecule has 0 spiro atoms. The summed E-state index contributed by atoms with van der Waals surface area (Å²) >= 11 is 6.05. The molecule has 0 saturated carbocycles. The molecule has 1 aliphatic heterocycles. The Kier molecular flexibility index (Phi) is 5.29. The molecule has 4 nitrogen and oxygen atoms in total. The summed E-state index contributed by atoms with van der Waals surface area (Å²) in [4.78, 5) is 12.2. The SMILES string of the molecule is CCOc1cc2c(cc1/C=C/C(=O)Nc1ccccc1Cl)OC(C)C2. The molecule has 2 aromatic carbocycles. The third-order valence-electron chi connectivity index (χ3n) is 3.87.